The Kier molecular flexibility index (Phi) is 6.66. The average molecular weight is 546 g/mol. The minimum Gasteiger partial charge on any atom is -0.497 e. The molecule has 2 aromatic carbocycles. The van der Waals surface area contributed by atoms with Crippen molar-refractivity contribution < 1.29 is 14.3 Å². The van der Waals surface area contributed by atoms with E-state index in [9.17, 15) is 9.59 Å². The molecule has 41 heavy (non-hydrogen) atoms. The van der Waals surface area contributed by atoms with Crippen molar-refractivity contribution in [2.75, 3.05) is 12.4 Å². The van der Waals surface area contributed by atoms with Crippen LogP contribution >= 0.6 is 0 Å². The highest BCUT2D eigenvalue weighted by molar-refractivity contribution is 6.07. The first-order valence-corrected chi connectivity index (χ1v) is 12.6. The summed E-state index contributed by atoms with van der Waals surface area (Å²) >= 11 is 0. The molecule has 0 unspecified atom stereocenters. The second-order valence-electron chi connectivity index (χ2n) is 8.92. The van der Waals surface area contributed by atoms with Gasteiger partial charge in [-0.15, -0.1) is 0 Å². The Labute approximate surface area is 233 Å². The molecule has 0 aliphatic carbocycles. The molecule has 0 aliphatic rings. The summed E-state index contributed by atoms with van der Waals surface area (Å²) in [5.41, 5.74) is 1.44. The lowest BCUT2D eigenvalue weighted by Gasteiger charge is -2.10. The number of nitrogens with one attached hydrogen (secondary N) is 1. The van der Waals surface area contributed by atoms with E-state index in [0.717, 1.165) is 10.9 Å². The smallest absolute Gasteiger partial charge is 0.285 e. The van der Waals surface area contributed by atoms with Gasteiger partial charge in [-0.25, -0.2) is 9.67 Å². The maximum Gasteiger partial charge on any atom is 0.285 e. The van der Waals surface area contributed by atoms with Gasteiger partial charge >= 0.3 is 0 Å². The van der Waals surface area contributed by atoms with Gasteiger partial charge in [-0.2, -0.15) is 0 Å². The molecule has 11 nitrogen and oxygen atoms in total. The van der Waals surface area contributed by atoms with Crippen molar-refractivity contribution in [3.05, 3.63) is 114 Å². The summed E-state index contributed by atoms with van der Waals surface area (Å²) in [5, 5.41) is 3.54. The summed E-state index contributed by atoms with van der Waals surface area (Å²) in [6, 6.07) is 19.6. The molecule has 0 atom stereocenters. The summed E-state index contributed by atoms with van der Waals surface area (Å²) in [4.78, 5) is 44.3. The molecule has 6 aromatic rings. The summed E-state index contributed by atoms with van der Waals surface area (Å²) in [6.45, 7) is 0. The monoisotopic (exact) mass is 545 g/mol. The molecule has 4 heterocycles. The standard InChI is InChI=1S/C30H23N7O4/c1-36-28(24-18-31-14-15-33-24)27(30(39)37(36)19-6-4-3-5-7-19)29(38)35-26-11-9-21(17-34-26)41-25-12-13-32-23-16-20(40-2)8-10-22(23)25/h3-18H,1-2H3,(H,34,35,38). The van der Waals surface area contributed by atoms with Crippen LogP contribution in [0.25, 0.3) is 28.0 Å². The first kappa shape index (κ1) is 25.4. The van der Waals surface area contributed by atoms with Crippen molar-refractivity contribution >= 4 is 22.6 Å². The Hall–Kier alpha value is -5.84. The fourth-order valence-corrected chi connectivity index (χ4v) is 4.52. The van der Waals surface area contributed by atoms with Gasteiger partial charge in [0, 0.05) is 37.1 Å². The summed E-state index contributed by atoms with van der Waals surface area (Å²) in [5.74, 6) is 1.36. The van der Waals surface area contributed by atoms with Crippen LogP contribution in [0.4, 0.5) is 5.82 Å². The first-order chi connectivity index (χ1) is 20.0. The van der Waals surface area contributed by atoms with E-state index in [4.69, 9.17) is 9.47 Å². The number of methoxy groups -OCH3 is 1. The lowest BCUT2D eigenvalue weighted by Crippen LogP contribution is -2.25. The van der Waals surface area contributed by atoms with E-state index < -0.39 is 11.5 Å². The zero-order valence-corrected chi connectivity index (χ0v) is 22.1. The van der Waals surface area contributed by atoms with E-state index in [1.165, 1.54) is 29.5 Å². The third-order valence-corrected chi connectivity index (χ3v) is 6.42. The number of aromatic nitrogens is 6. The maximum absolute atomic E-state index is 13.6. The molecule has 0 aliphatic heterocycles. The van der Waals surface area contributed by atoms with Crippen molar-refractivity contribution in [3.8, 4) is 34.3 Å². The van der Waals surface area contributed by atoms with Crippen LogP contribution in [0.3, 0.4) is 0 Å². The molecule has 0 bridgehead atoms. The molecule has 0 saturated heterocycles. The number of amides is 1. The van der Waals surface area contributed by atoms with Crippen molar-refractivity contribution in [1.29, 1.82) is 0 Å². The molecular weight excluding hydrogens is 522 g/mol. The normalized spacial score (nSPS) is 10.9. The predicted octanol–water partition coefficient (Wildman–Crippen LogP) is 4.63. The molecular formula is C30H23N7O4. The number of carbonyl (C=O) groups excluding carboxylic acids is 1. The zero-order chi connectivity index (χ0) is 28.3. The van der Waals surface area contributed by atoms with Crippen molar-refractivity contribution in [1.82, 2.24) is 29.3 Å². The van der Waals surface area contributed by atoms with Crippen LogP contribution in [-0.4, -0.2) is 42.3 Å². The molecule has 0 saturated carbocycles. The third-order valence-electron chi connectivity index (χ3n) is 6.42. The topological polar surface area (TPSA) is 126 Å². The number of hydrogen-bond acceptors (Lipinski definition) is 8. The molecule has 6 rings (SSSR count). The summed E-state index contributed by atoms with van der Waals surface area (Å²) < 4.78 is 14.3. The van der Waals surface area contributed by atoms with Crippen molar-refractivity contribution in [2.24, 2.45) is 7.05 Å². The minimum absolute atomic E-state index is 0.0855. The molecule has 0 spiro atoms. The van der Waals surface area contributed by atoms with Gasteiger partial charge in [0.2, 0.25) is 0 Å². The predicted molar refractivity (Wildman–Crippen MR) is 153 cm³/mol. The van der Waals surface area contributed by atoms with Gasteiger partial charge in [0.05, 0.1) is 30.7 Å². The number of benzene rings is 2. The Bertz CT molecular complexity index is 1920. The van der Waals surface area contributed by atoms with Crippen LogP contribution in [0, 0.1) is 0 Å². The van der Waals surface area contributed by atoms with Crippen molar-refractivity contribution in [2.45, 2.75) is 0 Å². The quantitative estimate of drug-likeness (QED) is 0.308. The Balaban J connectivity index is 1.29. The minimum atomic E-state index is -0.629. The van der Waals surface area contributed by atoms with Gasteiger partial charge in [-0.1, -0.05) is 18.2 Å². The summed E-state index contributed by atoms with van der Waals surface area (Å²) in [7, 11) is 3.29. The lowest BCUT2D eigenvalue weighted by molar-refractivity contribution is 0.102. The second kappa shape index (κ2) is 10.7. The second-order valence-corrected chi connectivity index (χ2v) is 8.92. The van der Waals surface area contributed by atoms with Gasteiger partial charge in [0.15, 0.2) is 0 Å². The van der Waals surface area contributed by atoms with Crippen molar-refractivity contribution in [3.63, 3.8) is 0 Å². The first-order valence-electron chi connectivity index (χ1n) is 12.6. The van der Waals surface area contributed by atoms with Crippen LogP contribution in [-0.2, 0) is 7.05 Å². The van der Waals surface area contributed by atoms with Gasteiger partial charge in [0.25, 0.3) is 11.5 Å². The SMILES string of the molecule is COc1ccc2c(Oc3ccc(NC(=O)c4c(-c5cnccn5)n(C)n(-c5ccccc5)c4=O)nc3)ccnc2c1. The number of fused-ring (bicyclic) bond motifs is 1. The Morgan fingerprint density at radius 2 is 1.71 bits per heavy atom. The Morgan fingerprint density at radius 3 is 2.44 bits per heavy atom. The highest BCUT2D eigenvalue weighted by atomic mass is 16.5. The third kappa shape index (κ3) is 4.87. The van der Waals surface area contributed by atoms with Crippen LogP contribution in [0.1, 0.15) is 10.4 Å². The molecule has 202 valence electrons. The van der Waals surface area contributed by atoms with Crippen LogP contribution in [0.2, 0.25) is 0 Å². The number of hydrogen-bond donors (Lipinski definition) is 1. The zero-order valence-electron chi connectivity index (χ0n) is 22.1. The number of nitrogens with zero attached hydrogens (tertiary/aromatic N) is 6. The van der Waals surface area contributed by atoms with E-state index in [2.05, 4.69) is 25.3 Å². The van der Waals surface area contributed by atoms with E-state index in [0.29, 0.717) is 34.3 Å². The van der Waals surface area contributed by atoms with Crippen LogP contribution in [0.15, 0.2) is 103 Å². The highest BCUT2D eigenvalue weighted by Crippen LogP contribution is 2.31. The fourth-order valence-electron chi connectivity index (χ4n) is 4.52. The molecule has 0 fully saturated rings. The van der Waals surface area contributed by atoms with E-state index in [1.54, 1.807) is 55.4 Å². The molecule has 11 heteroatoms. The molecule has 1 amide bonds. The highest BCUT2D eigenvalue weighted by Gasteiger charge is 2.27. The van der Waals surface area contributed by atoms with E-state index >= 15 is 0 Å². The van der Waals surface area contributed by atoms with Crippen LogP contribution < -0.4 is 20.3 Å². The average Bonchev–Trinajstić information content (AvgIpc) is 3.28. The number of rotatable bonds is 7. The molecule has 0 radical (unpaired) electrons. The van der Waals surface area contributed by atoms with Gasteiger partial charge in [0.1, 0.15) is 40.0 Å². The van der Waals surface area contributed by atoms with E-state index in [1.807, 2.05) is 36.4 Å². The van der Waals surface area contributed by atoms with Gasteiger partial charge in [-0.05, 0) is 42.5 Å². The molecule has 4 aromatic heterocycles. The van der Waals surface area contributed by atoms with E-state index in [-0.39, 0.29) is 11.4 Å². The summed E-state index contributed by atoms with van der Waals surface area (Å²) in [6.07, 6.45) is 7.67. The fraction of sp³-hybridized carbons (Fsp3) is 0.0667. The molecule has 1 N–H and O–H groups in total. The number of anilines is 1. The lowest BCUT2D eigenvalue weighted by atomic mass is 10.2. The maximum atomic E-state index is 13.6. The number of pyridine rings is 2. The number of ether oxygens (including phenoxy) is 2. The number of para-hydroxylation sites is 1. The van der Waals surface area contributed by atoms with Gasteiger partial charge in [-0.3, -0.25) is 29.2 Å². The Morgan fingerprint density at radius 1 is 0.878 bits per heavy atom. The number of carbonyl (C=O) groups is 1. The van der Waals surface area contributed by atoms with Crippen LogP contribution in [0.5, 0.6) is 17.2 Å². The van der Waals surface area contributed by atoms with Gasteiger partial charge < -0.3 is 14.8 Å². The largest absolute Gasteiger partial charge is 0.497 e.